The molecule has 1 N–H and O–H groups in total. The van der Waals surface area contributed by atoms with Gasteiger partial charge in [-0.05, 0) is 24.1 Å². The molecule has 0 aliphatic heterocycles. The van der Waals surface area contributed by atoms with E-state index in [1.54, 1.807) is 30.3 Å². The molecule has 0 aliphatic carbocycles. The zero-order chi connectivity index (χ0) is 15.3. The van der Waals surface area contributed by atoms with E-state index in [1.807, 2.05) is 0 Å². The fourth-order valence-corrected chi connectivity index (χ4v) is 2.81. The van der Waals surface area contributed by atoms with Crippen molar-refractivity contribution in [3.05, 3.63) is 54.0 Å². The number of aryl methyl sites for hydroxylation is 1. The Bertz CT molecular complexity index is 702. The Morgan fingerprint density at radius 3 is 2.62 bits per heavy atom. The highest BCUT2D eigenvalue weighted by Crippen LogP contribution is 2.14. The lowest BCUT2D eigenvalue weighted by Gasteiger charge is -2.08. The molecule has 2 rings (SSSR count). The maximum atomic E-state index is 13.4. The summed E-state index contributed by atoms with van der Waals surface area (Å²) in [6.45, 7) is 0. The smallest absolute Gasteiger partial charge is 0.233 e. The van der Waals surface area contributed by atoms with Crippen molar-refractivity contribution in [1.82, 2.24) is 4.98 Å². The van der Waals surface area contributed by atoms with Gasteiger partial charge in [-0.25, -0.2) is 17.8 Å². The molecule has 0 atom stereocenters. The van der Waals surface area contributed by atoms with Gasteiger partial charge in [-0.15, -0.1) is 0 Å². The molecule has 21 heavy (non-hydrogen) atoms. The van der Waals surface area contributed by atoms with Gasteiger partial charge in [-0.1, -0.05) is 18.2 Å². The Balaban J connectivity index is 2.00. The molecule has 0 radical (unpaired) electrons. The number of hydrogen-bond donors (Lipinski definition) is 1. The average molecular weight is 310 g/mol. The first-order valence-electron chi connectivity index (χ1n) is 6.24. The molecular formula is C14H15FN2O3S. The van der Waals surface area contributed by atoms with Gasteiger partial charge in [-0.2, -0.15) is 0 Å². The second kappa shape index (κ2) is 6.53. The molecule has 1 heterocycles. The topological polar surface area (TPSA) is 68.3 Å². The number of aromatic nitrogens is 1. The van der Waals surface area contributed by atoms with Crippen LogP contribution in [0, 0.1) is 5.82 Å². The average Bonchev–Trinajstić information content (AvgIpc) is 2.47. The second-order valence-electron chi connectivity index (χ2n) is 4.35. The third-order valence-electron chi connectivity index (χ3n) is 2.82. The number of nitrogens with zero attached hydrogens (tertiary/aromatic N) is 1. The number of benzene rings is 1. The van der Waals surface area contributed by atoms with Gasteiger partial charge in [0, 0.05) is 6.07 Å². The third-order valence-corrected chi connectivity index (χ3v) is 4.11. The molecule has 0 saturated heterocycles. The highest BCUT2D eigenvalue weighted by molar-refractivity contribution is 7.92. The predicted octanol–water partition coefficient (Wildman–Crippen LogP) is 2.21. The van der Waals surface area contributed by atoms with Crippen LogP contribution < -0.4 is 9.46 Å². The first-order valence-corrected chi connectivity index (χ1v) is 7.89. The second-order valence-corrected chi connectivity index (χ2v) is 6.19. The fourth-order valence-electron chi connectivity index (χ4n) is 1.74. The van der Waals surface area contributed by atoms with Crippen molar-refractivity contribution < 1.29 is 17.5 Å². The number of halogens is 1. The number of pyridine rings is 1. The van der Waals surface area contributed by atoms with E-state index in [2.05, 4.69) is 9.71 Å². The molecular weight excluding hydrogens is 295 g/mol. The van der Waals surface area contributed by atoms with Crippen LogP contribution in [-0.4, -0.2) is 26.3 Å². The van der Waals surface area contributed by atoms with E-state index in [0.29, 0.717) is 17.1 Å². The molecule has 0 saturated carbocycles. The molecule has 0 amide bonds. The summed E-state index contributed by atoms with van der Waals surface area (Å²) in [5.41, 5.74) is 0.708. The maximum Gasteiger partial charge on any atom is 0.233 e. The van der Waals surface area contributed by atoms with Gasteiger partial charge in [0.2, 0.25) is 15.9 Å². The van der Waals surface area contributed by atoms with Gasteiger partial charge in [0.15, 0.2) is 0 Å². The molecule has 1 aromatic carbocycles. The Hall–Kier alpha value is -2.15. The molecule has 0 spiro atoms. The van der Waals surface area contributed by atoms with E-state index in [1.165, 1.54) is 19.4 Å². The number of anilines is 1. The van der Waals surface area contributed by atoms with E-state index in [4.69, 9.17) is 4.74 Å². The van der Waals surface area contributed by atoms with Crippen LogP contribution in [0.1, 0.15) is 5.56 Å². The van der Waals surface area contributed by atoms with E-state index in [9.17, 15) is 12.8 Å². The van der Waals surface area contributed by atoms with Crippen LogP contribution in [0.3, 0.4) is 0 Å². The lowest BCUT2D eigenvalue weighted by molar-refractivity contribution is 0.398. The normalized spacial score (nSPS) is 11.1. The van der Waals surface area contributed by atoms with Crippen LogP contribution in [0.5, 0.6) is 5.88 Å². The van der Waals surface area contributed by atoms with Crippen molar-refractivity contribution in [2.24, 2.45) is 0 Å². The van der Waals surface area contributed by atoms with Gasteiger partial charge >= 0.3 is 0 Å². The lowest BCUT2D eigenvalue weighted by Crippen LogP contribution is -2.18. The number of nitrogens with one attached hydrogen (secondary N) is 1. The van der Waals surface area contributed by atoms with Crippen LogP contribution in [0.2, 0.25) is 0 Å². The maximum absolute atomic E-state index is 13.4. The summed E-state index contributed by atoms with van der Waals surface area (Å²) in [5.74, 6) is -0.219. The summed E-state index contributed by atoms with van der Waals surface area (Å²) in [7, 11) is -2.09. The third kappa shape index (κ3) is 4.42. The number of sulfonamides is 1. The molecule has 0 aliphatic rings. The van der Waals surface area contributed by atoms with Crippen molar-refractivity contribution in [3.63, 3.8) is 0 Å². The molecule has 1 aromatic heterocycles. The van der Waals surface area contributed by atoms with Crippen LogP contribution in [-0.2, 0) is 16.4 Å². The van der Waals surface area contributed by atoms with Gasteiger partial charge in [0.05, 0.1) is 24.7 Å². The number of ether oxygens (including phenoxy) is 1. The van der Waals surface area contributed by atoms with Gasteiger partial charge in [-0.3, -0.25) is 4.72 Å². The summed E-state index contributed by atoms with van der Waals surface area (Å²) in [5, 5.41) is 0. The van der Waals surface area contributed by atoms with Crippen molar-refractivity contribution in [3.8, 4) is 5.88 Å². The van der Waals surface area contributed by atoms with Crippen molar-refractivity contribution >= 4 is 15.7 Å². The van der Waals surface area contributed by atoms with E-state index in [-0.39, 0.29) is 12.2 Å². The number of methoxy groups -OCH3 is 1. The van der Waals surface area contributed by atoms with Crippen LogP contribution in [0.25, 0.3) is 0 Å². The Kier molecular flexibility index (Phi) is 4.74. The Morgan fingerprint density at radius 2 is 2.00 bits per heavy atom. The molecule has 7 heteroatoms. The predicted molar refractivity (Wildman–Crippen MR) is 78.3 cm³/mol. The van der Waals surface area contributed by atoms with E-state index in [0.717, 1.165) is 0 Å². The van der Waals surface area contributed by atoms with Gasteiger partial charge < -0.3 is 4.74 Å². The Morgan fingerprint density at radius 1 is 1.24 bits per heavy atom. The van der Waals surface area contributed by atoms with Crippen LogP contribution in [0.15, 0.2) is 42.6 Å². The summed E-state index contributed by atoms with van der Waals surface area (Å²) < 4.78 is 44.6. The zero-order valence-electron chi connectivity index (χ0n) is 11.4. The van der Waals surface area contributed by atoms with Gasteiger partial charge in [0.1, 0.15) is 5.82 Å². The number of hydrogen-bond acceptors (Lipinski definition) is 4. The summed E-state index contributed by atoms with van der Waals surface area (Å²) in [6, 6.07) is 9.21. The van der Waals surface area contributed by atoms with Crippen molar-refractivity contribution in [2.45, 2.75) is 6.42 Å². The van der Waals surface area contributed by atoms with Gasteiger partial charge in [0.25, 0.3) is 0 Å². The first kappa shape index (κ1) is 15.2. The van der Waals surface area contributed by atoms with E-state index < -0.39 is 15.8 Å². The van der Waals surface area contributed by atoms with Crippen LogP contribution >= 0.6 is 0 Å². The minimum Gasteiger partial charge on any atom is -0.481 e. The van der Waals surface area contributed by atoms with Crippen LogP contribution in [0.4, 0.5) is 10.1 Å². The molecule has 0 bridgehead atoms. The minimum absolute atomic E-state index is 0.103. The quantitative estimate of drug-likeness (QED) is 0.888. The summed E-state index contributed by atoms with van der Waals surface area (Å²) in [4.78, 5) is 3.90. The molecule has 0 fully saturated rings. The van der Waals surface area contributed by atoms with Crippen molar-refractivity contribution in [1.29, 1.82) is 0 Å². The van der Waals surface area contributed by atoms with Crippen molar-refractivity contribution in [2.75, 3.05) is 17.6 Å². The molecule has 0 unspecified atom stereocenters. The molecule has 112 valence electrons. The highest BCUT2D eigenvalue weighted by atomic mass is 32.2. The standard InChI is InChI=1S/C14H15FN2O3S/c1-20-14-7-6-12(10-16-14)17-21(18,19)9-8-11-4-2-3-5-13(11)15/h2-7,10,17H,8-9H2,1H3. The lowest BCUT2D eigenvalue weighted by atomic mass is 10.2. The Labute approximate surface area is 122 Å². The summed E-state index contributed by atoms with van der Waals surface area (Å²) in [6.07, 6.45) is 1.46. The molecule has 2 aromatic rings. The summed E-state index contributed by atoms with van der Waals surface area (Å²) >= 11 is 0. The first-order chi connectivity index (χ1) is 10.00. The minimum atomic E-state index is -3.57. The fraction of sp³-hybridized carbons (Fsp3) is 0.214. The zero-order valence-corrected chi connectivity index (χ0v) is 12.2. The number of rotatable bonds is 6. The SMILES string of the molecule is COc1ccc(NS(=O)(=O)CCc2ccccc2F)cn1. The largest absolute Gasteiger partial charge is 0.481 e. The monoisotopic (exact) mass is 310 g/mol. The van der Waals surface area contributed by atoms with E-state index >= 15 is 0 Å². The molecule has 5 nitrogen and oxygen atoms in total. The highest BCUT2D eigenvalue weighted by Gasteiger charge is 2.12.